The fourth-order valence-electron chi connectivity index (χ4n) is 13.3. The first-order valence-corrected chi connectivity index (χ1v) is 34.0. The first-order chi connectivity index (χ1) is 45.9. The van der Waals surface area contributed by atoms with Crippen LogP contribution in [0.5, 0.6) is 0 Å². The van der Waals surface area contributed by atoms with Gasteiger partial charge in [-0.15, -0.1) is 0 Å². The fourth-order valence-corrected chi connectivity index (χ4v) is 13.3. The first-order valence-electron chi connectivity index (χ1n) is 34.0. The van der Waals surface area contributed by atoms with Crippen molar-refractivity contribution >= 4 is 49.8 Å². The van der Waals surface area contributed by atoms with Crippen LogP contribution in [0, 0.1) is 48.3 Å². The summed E-state index contributed by atoms with van der Waals surface area (Å²) in [5.74, 6) is 19.7. The predicted octanol–water partition coefficient (Wildman–Crippen LogP) is 15.4. The van der Waals surface area contributed by atoms with Crippen LogP contribution in [0.3, 0.4) is 0 Å². The van der Waals surface area contributed by atoms with Crippen LogP contribution < -0.4 is 16.0 Å². The molecule has 11 nitrogen and oxygen atoms in total. The van der Waals surface area contributed by atoms with E-state index in [1.165, 1.54) is 106 Å². The second-order valence-corrected chi connectivity index (χ2v) is 25.2. The lowest BCUT2D eigenvalue weighted by Gasteiger charge is -2.35. The number of piperidine rings is 2. The standard InChI is InChI=1S/C28H29N3.C27H33FN4.C27H34N4/c1-3-31-26(15-9-18-30-25-17-19-29-22(2)20-25)21-27-24(14-8-16-28(27)31)13-7-12-23-10-5-4-6-11-23;1-4-32-25(8-6-16-29-23-12-10-22(28)11-13-23)19-26-21(7-5-9-27(26)32)20-31-17-14-24(15-18-31)30(2)3;1-4-31-25(13-9-17-28-23-11-6-5-7-12-23)20-26-22(10-8-14-27(26)31)21-30-18-15-24(16-19-30)29(2)3/h4-6,8,10-11,14,16-17,19-21H,3,7,12-13,18H2,1-2H3,(H,29,30);5,7,9-13,19,24,29H,4,14-18,20H2,1-3H3;5-8,10-12,14,20,24,28H,4,15-19,21H2,1-3H3. The summed E-state index contributed by atoms with van der Waals surface area (Å²) in [4.78, 5) is 14.1. The maximum absolute atomic E-state index is 13.0. The molecule has 6 aromatic carbocycles. The lowest BCUT2D eigenvalue weighted by atomic mass is 10.0. The molecule has 12 heteroatoms. The lowest BCUT2D eigenvalue weighted by Crippen LogP contribution is -2.41. The molecule has 12 rings (SSSR count). The largest absolute Gasteiger partial charge is 0.374 e. The van der Waals surface area contributed by atoms with Crippen molar-refractivity contribution in [2.75, 3.05) is 90.0 Å². The molecule has 0 saturated carbocycles. The summed E-state index contributed by atoms with van der Waals surface area (Å²) in [6.07, 6.45) is 10.1. The second kappa shape index (κ2) is 34.2. The fraction of sp³-hybridized carbons (Fsp3) is 0.354. The number of aryl methyl sites for hydroxylation is 6. The average Bonchev–Trinajstić information content (AvgIpc) is 1.75. The first kappa shape index (κ1) is 67.8. The Labute approximate surface area is 559 Å². The van der Waals surface area contributed by atoms with Crippen LogP contribution in [-0.2, 0) is 45.6 Å². The second-order valence-electron chi connectivity index (χ2n) is 25.2. The Bertz CT molecular complexity index is 4220. The molecular weight excluding hydrogens is 1160 g/mol. The molecule has 3 N–H and O–H groups in total. The highest BCUT2D eigenvalue weighted by atomic mass is 19.1. The Kier molecular flexibility index (Phi) is 24.7. The van der Waals surface area contributed by atoms with Crippen LogP contribution >= 0.6 is 0 Å². The highest BCUT2D eigenvalue weighted by molar-refractivity contribution is 5.88. The van der Waals surface area contributed by atoms with Crippen LogP contribution in [0.4, 0.5) is 21.5 Å². The highest BCUT2D eigenvalue weighted by Gasteiger charge is 2.23. The average molecular weight is 1250 g/mol. The van der Waals surface area contributed by atoms with Crippen LogP contribution in [0.15, 0.2) is 176 Å². The van der Waals surface area contributed by atoms with Crippen molar-refractivity contribution in [3.05, 3.63) is 227 Å². The number of rotatable bonds is 19. The van der Waals surface area contributed by atoms with Crippen molar-refractivity contribution in [3.63, 3.8) is 0 Å². The zero-order valence-electron chi connectivity index (χ0n) is 56.8. The van der Waals surface area contributed by atoms with Crippen molar-refractivity contribution in [1.29, 1.82) is 0 Å². The quantitative estimate of drug-likeness (QED) is 0.0692. The monoisotopic (exact) mass is 1250 g/mol. The van der Waals surface area contributed by atoms with Gasteiger partial charge in [-0.25, -0.2) is 4.39 Å². The third-order valence-corrected chi connectivity index (χ3v) is 18.5. The molecule has 94 heavy (non-hydrogen) atoms. The van der Waals surface area contributed by atoms with Gasteiger partial charge in [0.05, 0.1) is 36.7 Å². The van der Waals surface area contributed by atoms with Gasteiger partial charge in [-0.05, 0) is 252 Å². The van der Waals surface area contributed by atoms with Crippen molar-refractivity contribution in [1.82, 2.24) is 38.3 Å². The normalized spacial score (nSPS) is 13.7. The van der Waals surface area contributed by atoms with E-state index in [4.69, 9.17) is 0 Å². The molecule has 6 heterocycles. The summed E-state index contributed by atoms with van der Waals surface area (Å²) in [5.41, 5.74) is 16.7. The van der Waals surface area contributed by atoms with E-state index in [1.54, 1.807) is 12.1 Å². The Morgan fingerprint density at radius 2 is 0.872 bits per heavy atom. The lowest BCUT2D eigenvalue weighted by molar-refractivity contribution is 0.140. The number of para-hydroxylation sites is 1. The number of nitrogens with one attached hydrogen (secondary N) is 3. The number of fused-ring (bicyclic) bond motifs is 3. The zero-order chi connectivity index (χ0) is 65.6. The minimum absolute atomic E-state index is 0.230. The molecule has 0 amide bonds. The van der Waals surface area contributed by atoms with E-state index < -0.39 is 0 Å². The maximum atomic E-state index is 13.0. The number of nitrogens with zero attached hydrogens (tertiary/aromatic N) is 8. The number of halogens is 1. The number of benzene rings is 6. The topological polar surface area (TPSA) is 76.7 Å². The molecule has 486 valence electrons. The molecule has 0 radical (unpaired) electrons. The molecule has 0 unspecified atom stereocenters. The van der Waals surface area contributed by atoms with Crippen molar-refractivity contribution in [2.45, 2.75) is 117 Å². The summed E-state index contributed by atoms with van der Waals surface area (Å²) in [6.45, 7) is 19.7. The summed E-state index contributed by atoms with van der Waals surface area (Å²) >= 11 is 0. The number of aromatic nitrogens is 4. The number of likely N-dealkylation sites (tertiary alicyclic amines) is 2. The van der Waals surface area contributed by atoms with Crippen LogP contribution in [0.1, 0.15) is 97.9 Å². The van der Waals surface area contributed by atoms with Crippen LogP contribution in [0.25, 0.3) is 32.7 Å². The molecule has 0 spiro atoms. The number of pyridine rings is 1. The van der Waals surface area contributed by atoms with E-state index in [9.17, 15) is 4.39 Å². The van der Waals surface area contributed by atoms with Crippen LogP contribution in [0.2, 0.25) is 0 Å². The predicted molar refractivity (Wildman–Crippen MR) is 393 cm³/mol. The Morgan fingerprint density at radius 1 is 0.457 bits per heavy atom. The minimum Gasteiger partial charge on any atom is -0.374 e. The molecule has 2 aliphatic heterocycles. The van der Waals surface area contributed by atoms with E-state index in [0.717, 1.165) is 111 Å². The van der Waals surface area contributed by atoms with E-state index in [0.29, 0.717) is 25.7 Å². The van der Waals surface area contributed by atoms with E-state index in [1.807, 2.05) is 43.5 Å². The van der Waals surface area contributed by atoms with Gasteiger partial charge >= 0.3 is 0 Å². The summed E-state index contributed by atoms with van der Waals surface area (Å²) in [7, 11) is 8.78. The molecule has 0 aliphatic carbocycles. The van der Waals surface area contributed by atoms with E-state index in [-0.39, 0.29) is 5.82 Å². The van der Waals surface area contributed by atoms with Gasteiger partial charge in [-0.1, -0.05) is 103 Å². The van der Waals surface area contributed by atoms with Gasteiger partial charge < -0.3 is 39.5 Å². The summed E-state index contributed by atoms with van der Waals surface area (Å²) < 4.78 is 20.0. The number of hydrogen-bond acceptors (Lipinski definition) is 8. The maximum Gasteiger partial charge on any atom is 0.123 e. The third kappa shape index (κ3) is 18.4. The SMILES string of the molecule is CCn1c(C#CCNc2ccc(F)cc2)cc2c(CN3CCC(N(C)C)CC3)cccc21.CCn1c(C#CCNc2ccccc2)cc2c(CN3CCC(N(C)C)CC3)cccc21.CCn1c(C#CCNc2ccnc(C)c2)cc2c(CCCc3ccccc3)cccc21. The van der Waals surface area contributed by atoms with E-state index >= 15 is 0 Å². The smallest absolute Gasteiger partial charge is 0.123 e. The molecule has 4 aromatic heterocycles. The number of hydrogen-bond donors (Lipinski definition) is 3. The molecule has 10 aromatic rings. The van der Waals surface area contributed by atoms with Gasteiger partial charge in [0.1, 0.15) is 5.82 Å². The Hall–Kier alpha value is -9.06. The van der Waals surface area contributed by atoms with Gasteiger partial charge in [0, 0.05) is 106 Å². The summed E-state index contributed by atoms with van der Waals surface area (Å²) in [6, 6.07) is 59.6. The van der Waals surface area contributed by atoms with Crippen molar-refractivity contribution in [2.24, 2.45) is 0 Å². The minimum atomic E-state index is -0.230. The summed E-state index contributed by atoms with van der Waals surface area (Å²) in [5, 5.41) is 13.9. The zero-order valence-corrected chi connectivity index (χ0v) is 56.8. The molecule has 2 saturated heterocycles. The van der Waals surface area contributed by atoms with Crippen LogP contribution in [-0.4, -0.2) is 124 Å². The van der Waals surface area contributed by atoms with Gasteiger partial charge in [0.2, 0.25) is 0 Å². The third-order valence-electron chi connectivity index (χ3n) is 18.5. The van der Waals surface area contributed by atoms with Gasteiger partial charge in [-0.3, -0.25) is 14.8 Å². The molecule has 2 fully saturated rings. The number of anilines is 3. The Balaban J connectivity index is 0.000000154. The molecule has 0 bridgehead atoms. The molecular formula is C82H96FN11. The molecule has 2 aliphatic rings. The van der Waals surface area contributed by atoms with Crippen molar-refractivity contribution < 1.29 is 4.39 Å². The van der Waals surface area contributed by atoms with Crippen molar-refractivity contribution in [3.8, 4) is 35.5 Å². The highest BCUT2D eigenvalue weighted by Crippen LogP contribution is 2.29. The van der Waals surface area contributed by atoms with Gasteiger partial charge in [0.15, 0.2) is 0 Å². The van der Waals surface area contributed by atoms with Gasteiger partial charge in [-0.2, -0.15) is 0 Å². The van der Waals surface area contributed by atoms with E-state index in [2.05, 4.69) is 254 Å². The Morgan fingerprint density at radius 3 is 1.31 bits per heavy atom. The van der Waals surface area contributed by atoms with Gasteiger partial charge in [0.25, 0.3) is 0 Å². The molecule has 0 atom stereocenters.